The predicted molar refractivity (Wildman–Crippen MR) is 65.0 cm³/mol. The highest BCUT2D eigenvalue weighted by molar-refractivity contribution is 14.1. The summed E-state index contributed by atoms with van der Waals surface area (Å²) in [6, 6.07) is 3.86. The van der Waals surface area contributed by atoms with E-state index in [1.807, 2.05) is 6.07 Å². The van der Waals surface area contributed by atoms with Crippen LogP contribution in [0.5, 0.6) is 5.75 Å². The predicted octanol–water partition coefficient (Wildman–Crippen LogP) is 2.79. The maximum Gasteiger partial charge on any atom is 0.151 e. The van der Waals surface area contributed by atoms with Crippen molar-refractivity contribution in [2.45, 2.75) is 18.9 Å². The van der Waals surface area contributed by atoms with Crippen molar-refractivity contribution in [3.63, 3.8) is 0 Å². The van der Waals surface area contributed by atoms with Crippen molar-refractivity contribution in [1.82, 2.24) is 0 Å². The average Bonchev–Trinajstić information content (AvgIpc) is 2.63. The zero-order chi connectivity index (χ0) is 10.4. The second kappa shape index (κ2) is 3.50. The van der Waals surface area contributed by atoms with E-state index in [0.29, 0.717) is 24.1 Å². The van der Waals surface area contributed by atoms with Crippen LogP contribution in [-0.4, -0.2) is 19.2 Å². The molecule has 2 nitrogen and oxygen atoms in total. The number of hydrogen-bond donors (Lipinski definition) is 0. The third-order valence-electron chi connectivity index (χ3n) is 3.09. The number of benzene rings is 1. The van der Waals surface area contributed by atoms with Crippen LogP contribution >= 0.6 is 22.6 Å². The number of anilines is 1. The van der Waals surface area contributed by atoms with E-state index in [1.165, 1.54) is 0 Å². The van der Waals surface area contributed by atoms with Gasteiger partial charge in [0, 0.05) is 10.1 Å². The molecule has 80 valence electrons. The number of halogens is 2. The second-order valence-electron chi connectivity index (χ2n) is 4.03. The molecule has 1 saturated heterocycles. The molecule has 3 rings (SSSR count). The van der Waals surface area contributed by atoms with E-state index in [2.05, 4.69) is 27.5 Å². The lowest BCUT2D eigenvalue weighted by Crippen LogP contribution is -2.38. The SMILES string of the molecule is Fc1cc(I)cc2c1N1CCCC1CO2. The van der Waals surface area contributed by atoms with E-state index in [4.69, 9.17) is 4.74 Å². The van der Waals surface area contributed by atoms with Gasteiger partial charge in [0.15, 0.2) is 5.82 Å². The van der Waals surface area contributed by atoms with Crippen LogP contribution in [0.4, 0.5) is 10.1 Å². The first-order valence-electron chi connectivity index (χ1n) is 5.14. The summed E-state index contributed by atoms with van der Waals surface area (Å²) in [7, 11) is 0. The van der Waals surface area contributed by atoms with Crippen LogP contribution < -0.4 is 9.64 Å². The second-order valence-corrected chi connectivity index (χ2v) is 5.28. The topological polar surface area (TPSA) is 12.5 Å². The fourth-order valence-electron chi connectivity index (χ4n) is 2.42. The van der Waals surface area contributed by atoms with Crippen LogP contribution in [0.25, 0.3) is 0 Å². The molecule has 1 aromatic rings. The van der Waals surface area contributed by atoms with Gasteiger partial charge in [-0.2, -0.15) is 0 Å². The molecule has 0 radical (unpaired) electrons. The highest BCUT2D eigenvalue weighted by Crippen LogP contribution is 2.40. The van der Waals surface area contributed by atoms with Crippen LogP contribution in [0.15, 0.2) is 12.1 Å². The molecule has 1 unspecified atom stereocenters. The van der Waals surface area contributed by atoms with E-state index in [-0.39, 0.29) is 5.82 Å². The first-order valence-corrected chi connectivity index (χ1v) is 6.22. The third-order valence-corrected chi connectivity index (χ3v) is 3.71. The average molecular weight is 319 g/mol. The Morgan fingerprint density at radius 1 is 1.47 bits per heavy atom. The molecule has 4 heteroatoms. The third kappa shape index (κ3) is 1.49. The molecule has 15 heavy (non-hydrogen) atoms. The van der Waals surface area contributed by atoms with Crippen molar-refractivity contribution >= 4 is 28.3 Å². The molecule has 2 aliphatic rings. The number of ether oxygens (including phenoxy) is 1. The van der Waals surface area contributed by atoms with Crippen molar-refractivity contribution < 1.29 is 9.13 Å². The molecule has 2 aliphatic heterocycles. The summed E-state index contributed by atoms with van der Waals surface area (Å²) < 4.78 is 20.3. The number of hydrogen-bond acceptors (Lipinski definition) is 2. The van der Waals surface area contributed by atoms with Gasteiger partial charge in [-0.25, -0.2) is 4.39 Å². The summed E-state index contributed by atoms with van der Waals surface area (Å²) in [5.74, 6) is 0.557. The monoisotopic (exact) mass is 319 g/mol. The fraction of sp³-hybridized carbons (Fsp3) is 0.455. The molecule has 1 atom stereocenters. The van der Waals surface area contributed by atoms with Crippen LogP contribution in [-0.2, 0) is 0 Å². The van der Waals surface area contributed by atoms with E-state index >= 15 is 0 Å². The molecule has 1 aromatic carbocycles. The maximum absolute atomic E-state index is 13.8. The first-order chi connectivity index (χ1) is 7.25. The number of fused-ring (bicyclic) bond motifs is 3. The standard InChI is InChI=1S/C11H11FINO/c12-9-4-7(13)5-10-11(9)14-3-1-2-8(14)6-15-10/h4-5,8H,1-3,6H2. The van der Waals surface area contributed by atoms with Gasteiger partial charge in [0.25, 0.3) is 0 Å². The summed E-state index contributed by atoms with van der Waals surface area (Å²) >= 11 is 2.11. The lowest BCUT2D eigenvalue weighted by Gasteiger charge is -2.33. The zero-order valence-corrected chi connectivity index (χ0v) is 10.3. The van der Waals surface area contributed by atoms with Gasteiger partial charge in [0.1, 0.15) is 18.0 Å². The molecule has 0 amide bonds. The van der Waals surface area contributed by atoms with Gasteiger partial charge in [0.2, 0.25) is 0 Å². The minimum Gasteiger partial charge on any atom is -0.489 e. The van der Waals surface area contributed by atoms with E-state index in [1.54, 1.807) is 6.07 Å². The van der Waals surface area contributed by atoms with Crippen molar-refractivity contribution in [3.8, 4) is 5.75 Å². The Balaban J connectivity index is 2.12. The summed E-state index contributed by atoms with van der Waals surface area (Å²) in [4.78, 5) is 2.16. The van der Waals surface area contributed by atoms with E-state index in [0.717, 1.165) is 23.0 Å². The van der Waals surface area contributed by atoms with Gasteiger partial charge in [0.05, 0.1) is 6.04 Å². The van der Waals surface area contributed by atoms with Crippen LogP contribution in [0.2, 0.25) is 0 Å². The molecule has 1 fully saturated rings. The Labute approximate surface area is 102 Å². The minimum atomic E-state index is -0.150. The quantitative estimate of drug-likeness (QED) is 0.682. The van der Waals surface area contributed by atoms with Gasteiger partial charge in [-0.3, -0.25) is 0 Å². The molecule has 0 spiro atoms. The highest BCUT2D eigenvalue weighted by Gasteiger charge is 2.33. The molecular formula is C11H11FINO. The van der Waals surface area contributed by atoms with Gasteiger partial charge in [-0.1, -0.05) is 0 Å². The van der Waals surface area contributed by atoms with Gasteiger partial charge >= 0.3 is 0 Å². The van der Waals surface area contributed by atoms with Crippen LogP contribution in [0.3, 0.4) is 0 Å². The maximum atomic E-state index is 13.8. The van der Waals surface area contributed by atoms with Gasteiger partial charge in [-0.15, -0.1) is 0 Å². The fourth-order valence-corrected chi connectivity index (χ4v) is 2.98. The lowest BCUT2D eigenvalue weighted by molar-refractivity contribution is 0.269. The van der Waals surface area contributed by atoms with E-state index in [9.17, 15) is 4.39 Å². The van der Waals surface area contributed by atoms with Crippen molar-refractivity contribution in [2.24, 2.45) is 0 Å². The normalized spacial score (nSPS) is 23.3. The number of nitrogens with zero attached hydrogens (tertiary/aromatic N) is 1. The first kappa shape index (κ1) is 9.69. The summed E-state index contributed by atoms with van der Waals surface area (Å²) in [5.41, 5.74) is 0.671. The van der Waals surface area contributed by atoms with Gasteiger partial charge in [-0.05, 0) is 47.6 Å². The summed E-state index contributed by atoms with van der Waals surface area (Å²) in [5, 5.41) is 0. The summed E-state index contributed by atoms with van der Waals surface area (Å²) in [6.45, 7) is 1.66. The highest BCUT2D eigenvalue weighted by atomic mass is 127. The van der Waals surface area contributed by atoms with Crippen molar-refractivity contribution in [3.05, 3.63) is 21.5 Å². The molecule has 0 bridgehead atoms. The van der Waals surface area contributed by atoms with Crippen molar-refractivity contribution in [2.75, 3.05) is 18.1 Å². The Hall–Kier alpha value is -0.520. The smallest absolute Gasteiger partial charge is 0.151 e. The Morgan fingerprint density at radius 2 is 2.33 bits per heavy atom. The van der Waals surface area contributed by atoms with Gasteiger partial charge < -0.3 is 9.64 Å². The largest absolute Gasteiger partial charge is 0.489 e. The lowest BCUT2D eigenvalue weighted by atomic mass is 10.1. The molecule has 2 heterocycles. The van der Waals surface area contributed by atoms with Crippen LogP contribution in [0, 0.1) is 9.39 Å². The van der Waals surface area contributed by atoms with Crippen molar-refractivity contribution in [1.29, 1.82) is 0 Å². The Kier molecular flexibility index (Phi) is 2.26. The summed E-state index contributed by atoms with van der Waals surface area (Å²) in [6.07, 6.45) is 2.25. The minimum absolute atomic E-state index is 0.150. The number of rotatable bonds is 0. The Bertz CT molecular complexity index is 410. The molecule has 0 aliphatic carbocycles. The molecule has 0 aromatic heterocycles. The molecular weight excluding hydrogens is 308 g/mol. The van der Waals surface area contributed by atoms with E-state index < -0.39 is 0 Å². The zero-order valence-electron chi connectivity index (χ0n) is 8.17. The molecule has 0 saturated carbocycles. The van der Waals surface area contributed by atoms with Crippen LogP contribution in [0.1, 0.15) is 12.8 Å². The molecule has 0 N–H and O–H groups in total. The Morgan fingerprint density at radius 3 is 3.20 bits per heavy atom.